The van der Waals surface area contributed by atoms with Gasteiger partial charge in [0, 0.05) is 176 Å². The zero-order valence-electron chi connectivity index (χ0n) is 74.7. The molecule has 30 rings (SSSR count). The van der Waals surface area contributed by atoms with Crippen molar-refractivity contribution in [3.8, 4) is 106 Å². The van der Waals surface area contributed by atoms with Gasteiger partial charge in [0.1, 0.15) is 0 Å². The summed E-state index contributed by atoms with van der Waals surface area (Å²) in [4.78, 5) is 2.12. The van der Waals surface area contributed by atoms with Crippen LogP contribution in [0.3, 0.4) is 0 Å². The number of fused-ring (bicyclic) bond motifs is 27. The molecule has 0 fully saturated rings. The third kappa shape index (κ3) is 13.0. The van der Waals surface area contributed by atoms with Gasteiger partial charge in [-0.1, -0.05) is 190 Å². The van der Waals surface area contributed by atoms with Crippen LogP contribution in [0.5, 0.6) is 0 Å². The second-order valence-corrected chi connectivity index (χ2v) is 37.1. The van der Waals surface area contributed by atoms with Crippen LogP contribution in [0.1, 0.15) is 69.5 Å². The van der Waals surface area contributed by atoms with Crippen LogP contribution in [0, 0.1) is 0 Å². The summed E-state index contributed by atoms with van der Waals surface area (Å²) in [6, 6.07) is 137. The van der Waals surface area contributed by atoms with E-state index in [0.717, 1.165) is 45.7 Å². The minimum atomic E-state index is 0.0976. The van der Waals surface area contributed by atoms with E-state index < -0.39 is 0 Å². The van der Waals surface area contributed by atoms with Crippen LogP contribution < -0.4 is 32.3 Å². The Morgan fingerprint density at radius 2 is 0.735 bits per heavy atom. The molecule has 0 saturated heterocycles. The average Bonchev–Trinajstić information content (AvgIpc) is 1.56. The van der Waals surface area contributed by atoms with E-state index in [1.54, 1.807) is 0 Å². The lowest BCUT2D eigenvalue weighted by molar-refractivity contribution is -0.672. The number of aryl methyl sites for hydroxylation is 1. The second kappa shape index (κ2) is 31.4. The van der Waals surface area contributed by atoms with E-state index in [-0.39, 0.29) is 5.41 Å². The molecule has 14 aromatic carbocycles. The normalized spacial score (nSPS) is 13.2. The predicted molar refractivity (Wildman–Crippen MR) is 536 cm³/mol. The molecule has 8 aromatic heterocycles. The van der Waals surface area contributed by atoms with Crippen molar-refractivity contribution in [2.24, 2.45) is 7.05 Å². The number of anilines is 1. The molecule has 8 aliphatic rings. The van der Waals surface area contributed by atoms with Gasteiger partial charge in [0.05, 0.1) is 44.2 Å². The zero-order valence-corrected chi connectivity index (χ0v) is 74.7. The highest BCUT2D eigenvalue weighted by atomic mass is 15.1. The van der Waals surface area contributed by atoms with Crippen LogP contribution >= 0.6 is 0 Å². The van der Waals surface area contributed by atoms with Crippen molar-refractivity contribution in [3.63, 3.8) is 0 Å². The highest BCUT2D eigenvalue weighted by Crippen LogP contribution is 2.52. The Bertz CT molecular complexity index is 8430. The van der Waals surface area contributed by atoms with Gasteiger partial charge >= 0.3 is 0 Å². The maximum atomic E-state index is 2.44. The number of rotatable bonds is 4. The Labute approximate surface area is 768 Å². The van der Waals surface area contributed by atoms with Gasteiger partial charge in [0.15, 0.2) is 76.4 Å². The van der Waals surface area contributed by atoms with Crippen molar-refractivity contribution in [2.75, 3.05) is 19.0 Å². The van der Waals surface area contributed by atoms with E-state index in [9.17, 15) is 0 Å². The van der Waals surface area contributed by atoms with Gasteiger partial charge in [-0.15, -0.1) is 0 Å². The maximum Gasteiger partial charge on any atom is 0.221 e. The molecule has 0 amide bonds. The molecular weight excluding hydrogens is 1600 g/mol. The third-order valence-corrected chi connectivity index (χ3v) is 29.0. The van der Waals surface area contributed by atoms with E-state index in [4.69, 9.17) is 0 Å². The maximum absolute atomic E-state index is 2.44. The lowest BCUT2D eigenvalue weighted by atomic mass is 9.81. The van der Waals surface area contributed by atoms with Crippen LogP contribution in [0.2, 0.25) is 0 Å². The quantitative estimate of drug-likeness (QED) is 0.128. The highest BCUT2D eigenvalue weighted by Gasteiger charge is 2.40. The van der Waals surface area contributed by atoms with E-state index in [2.05, 4.69) is 490 Å². The van der Waals surface area contributed by atoms with Crippen LogP contribution in [0.15, 0.2) is 413 Å². The number of hydrogen-bond acceptors (Lipinski definition) is 1. The SMILES string of the molecule is CC1(C)c2ccccc2-c2cc3c(cc21)C[n+]1ccccc1-3.CN(C)c1ccc(-c2ccc3c(c2)-c2cccc[n+]2C3)cc1.Cn1c2ccccc2c2cc3c(cc21)C[n+]1ccccc1-3.c1ccc(-c2ccc3c4c2ccc2ccc[n+](c24)C3)cc1.c1ccc(-n2c3ccccc3c3cc4c(cc32)C[n+]2ccccc2-4)cc1.c1ccc2c(c1)Cc1cc3c(cc1-2)-c1cccc[n+]1C3. The average molecular weight is 1700 g/mol. The summed E-state index contributed by atoms with van der Waals surface area (Å²) < 4.78 is 18.7. The molecule has 0 unspecified atom stereocenters. The third-order valence-electron chi connectivity index (χ3n) is 29.0. The van der Waals surface area contributed by atoms with Gasteiger partial charge in [-0.25, -0.2) is 0 Å². The first-order valence-corrected chi connectivity index (χ1v) is 46.3. The number of nitrogens with zero attached hydrogens (tertiary/aromatic N) is 9. The van der Waals surface area contributed by atoms with Gasteiger partial charge in [-0.3, -0.25) is 0 Å². The minimum Gasteiger partial charge on any atom is -0.378 e. The van der Waals surface area contributed by atoms with Gasteiger partial charge < -0.3 is 14.0 Å². The van der Waals surface area contributed by atoms with Crippen molar-refractivity contribution >= 4 is 71.0 Å². The molecule has 2 aliphatic carbocycles. The number of benzene rings is 14. The highest BCUT2D eigenvalue weighted by molar-refractivity contribution is 6.13. The van der Waals surface area contributed by atoms with E-state index in [1.807, 2.05) is 0 Å². The molecule has 132 heavy (non-hydrogen) atoms. The van der Waals surface area contributed by atoms with Crippen molar-refractivity contribution in [3.05, 3.63) is 469 Å². The van der Waals surface area contributed by atoms with Crippen LogP contribution in [-0.2, 0) is 58.2 Å². The molecule has 0 N–H and O–H groups in total. The predicted octanol–water partition coefficient (Wildman–Crippen LogP) is 24.7. The summed E-state index contributed by atoms with van der Waals surface area (Å²) in [5.41, 5.74) is 47.8. The van der Waals surface area contributed by atoms with E-state index in [1.165, 1.54) is 233 Å². The summed E-state index contributed by atoms with van der Waals surface area (Å²) in [5, 5.41) is 9.44. The van der Waals surface area contributed by atoms with Gasteiger partial charge in [-0.05, 0) is 212 Å². The Balaban J connectivity index is 0.0000000852. The fourth-order valence-corrected chi connectivity index (χ4v) is 22.6. The molecule has 0 radical (unpaired) electrons. The fourth-order valence-electron chi connectivity index (χ4n) is 22.6. The Morgan fingerprint density at radius 1 is 0.258 bits per heavy atom. The van der Waals surface area contributed by atoms with Crippen molar-refractivity contribution in [1.82, 2.24) is 9.13 Å². The Morgan fingerprint density at radius 3 is 1.37 bits per heavy atom. The van der Waals surface area contributed by atoms with Crippen molar-refractivity contribution < 1.29 is 27.4 Å². The smallest absolute Gasteiger partial charge is 0.221 e. The number of pyridine rings is 6. The summed E-state index contributed by atoms with van der Waals surface area (Å²) in [6.07, 6.45) is 14.1. The zero-order chi connectivity index (χ0) is 88.0. The largest absolute Gasteiger partial charge is 0.378 e. The van der Waals surface area contributed by atoms with E-state index >= 15 is 0 Å². The van der Waals surface area contributed by atoms with Gasteiger partial charge in [0.2, 0.25) is 34.0 Å². The number of aromatic nitrogens is 8. The first kappa shape index (κ1) is 78.2. The Hall–Kier alpha value is -16.1. The van der Waals surface area contributed by atoms with Crippen LogP contribution in [0.4, 0.5) is 5.69 Å². The lowest BCUT2D eigenvalue weighted by Gasteiger charge is -2.21. The summed E-state index contributed by atoms with van der Waals surface area (Å²) in [5.74, 6) is 0. The second-order valence-electron chi connectivity index (χ2n) is 37.1. The molecule has 14 heterocycles. The Kier molecular flexibility index (Phi) is 18.6. The molecule has 0 spiro atoms. The molecule has 6 aliphatic heterocycles. The summed E-state index contributed by atoms with van der Waals surface area (Å²) >= 11 is 0. The first-order valence-electron chi connectivity index (χ1n) is 46.3. The molecule has 9 heteroatoms. The monoisotopic (exact) mass is 1700 g/mol. The fraction of sp³-hybridized carbons (Fsp3) is 0.106. The minimum absolute atomic E-state index is 0.0976. The number of para-hydroxylation sites is 3. The van der Waals surface area contributed by atoms with Crippen LogP contribution in [-0.4, -0.2) is 23.2 Å². The van der Waals surface area contributed by atoms with Crippen molar-refractivity contribution in [1.29, 1.82) is 0 Å². The molecule has 0 atom stereocenters. The van der Waals surface area contributed by atoms with E-state index in [0.29, 0.717) is 0 Å². The van der Waals surface area contributed by atoms with Crippen molar-refractivity contribution in [2.45, 2.75) is 65.0 Å². The molecule has 0 saturated carbocycles. The van der Waals surface area contributed by atoms with Gasteiger partial charge in [-0.2, -0.15) is 27.4 Å². The topological polar surface area (TPSA) is 36.4 Å². The molecule has 628 valence electrons. The van der Waals surface area contributed by atoms with Gasteiger partial charge in [0.25, 0.3) is 0 Å². The number of hydrogen-bond donors (Lipinski definition) is 0. The summed E-state index contributed by atoms with van der Waals surface area (Å²) in [7, 11) is 6.30. The standard InChI is InChI=1S/C24H17N2.C21H18N.C20H19N2.C20H14N.C19H15N2.C19H14N/c1-2-8-18(9-3-1)26-23-12-5-4-10-19(23)21-15-20-17(14-24(21)26)16-25-13-7-6-11-22(20)25;1-21(2)18-8-4-3-7-15(18)17-12-16-14(11-19(17)21)13-22-10-6-5-9-20(16)22;1-21(2)18-10-8-15(9-11-18)16-6-7-17-14-22-12-4-3-5-20(22)19(17)13-16;1-2-5-14(6-3-1)17-10-9-16-13-21-12-4-7-15-8-11-18(17)19(16)20(15)21;1-20-17-7-3-2-6-14(17)16-11-15-13(10-19(16)20)12-21-9-5-4-8-18(15)21;1-2-6-16-13(5-1)9-14-10-15-12-20-8-4-3-7-19(20)18(15)11-17(14)16/h1-15H,16H2;3-12H,13H2,1-2H3;3-13H,14H2,1-2H3;1-12H,13H2;2-11H,12H2,1H3;1-8,10-11H,9,12H2/q6*+1. The molecule has 9 nitrogen and oxygen atoms in total. The summed E-state index contributed by atoms with van der Waals surface area (Å²) in [6.45, 7) is 10.6. The molecule has 0 bridgehead atoms. The lowest BCUT2D eigenvalue weighted by Crippen LogP contribution is -2.31. The molecular formula is C123H97N9+6. The first-order chi connectivity index (χ1) is 64.9. The molecule has 22 aromatic rings. The van der Waals surface area contributed by atoms with Crippen LogP contribution in [0.25, 0.3) is 172 Å².